The van der Waals surface area contributed by atoms with Crippen molar-refractivity contribution in [3.05, 3.63) is 18.1 Å². The summed E-state index contributed by atoms with van der Waals surface area (Å²) in [7, 11) is -2.77. The molecule has 3 rings (SSSR count). The molecule has 0 atom stereocenters. The maximum atomic E-state index is 12.3. The zero-order chi connectivity index (χ0) is 15.5. The van der Waals surface area contributed by atoms with Crippen LogP contribution in [0.15, 0.2) is 12.4 Å². The molecule has 0 radical (unpaired) electrons. The van der Waals surface area contributed by atoms with E-state index >= 15 is 0 Å². The van der Waals surface area contributed by atoms with Gasteiger partial charge in [0, 0.05) is 32.7 Å². The van der Waals surface area contributed by atoms with Crippen molar-refractivity contribution >= 4 is 22.6 Å². The summed E-state index contributed by atoms with van der Waals surface area (Å²) in [6.07, 6.45) is 5.23. The first-order valence-corrected chi connectivity index (χ1v) is 8.54. The number of anilines is 1. The number of hydrogen-bond acceptors (Lipinski definition) is 6. The van der Waals surface area contributed by atoms with Crippen LogP contribution in [0.25, 0.3) is 0 Å². The Morgan fingerprint density at radius 2 is 1.91 bits per heavy atom. The van der Waals surface area contributed by atoms with Crippen LogP contribution in [0.3, 0.4) is 0 Å². The van der Waals surface area contributed by atoms with Gasteiger partial charge in [-0.2, -0.15) is 0 Å². The molecule has 1 aromatic heterocycles. The summed E-state index contributed by atoms with van der Waals surface area (Å²) in [5.74, 6) is 0.819. The molecule has 9 heteroatoms. The normalized spacial score (nSPS) is 19.4. The van der Waals surface area contributed by atoms with Crippen LogP contribution in [0.5, 0.6) is 0 Å². The van der Waals surface area contributed by atoms with E-state index in [1.54, 1.807) is 4.90 Å². The highest BCUT2D eigenvalue weighted by Crippen LogP contribution is 2.29. The molecule has 1 aliphatic carbocycles. The van der Waals surface area contributed by atoms with Crippen molar-refractivity contribution in [2.75, 3.05) is 37.4 Å². The van der Waals surface area contributed by atoms with Crippen LogP contribution in [0.4, 0.5) is 5.82 Å². The minimum absolute atomic E-state index is 0.113. The van der Waals surface area contributed by atoms with Crippen molar-refractivity contribution in [1.82, 2.24) is 19.8 Å². The minimum Gasteiger partial charge on any atom is -0.335 e. The first kappa shape index (κ1) is 15.2. The van der Waals surface area contributed by atoms with Crippen LogP contribution < -0.4 is 4.72 Å². The molecular formula is C13H19N5O3S. The molecule has 2 heterocycles. The van der Waals surface area contributed by atoms with Gasteiger partial charge in [0.05, 0.1) is 12.4 Å². The Morgan fingerprint density at radius 1 is 1.18 bits per heavy atom. The minimum atomic E-state index is -2.77. The summed E-state index contributed by atoms with van der Waals surface area (Å²) in [6.45, 7) is 4.33. The van der Waals surface area contributed by atoms with Gasteiger partial charge in [0.1, 0.15) is 5.69 Å². The Hall–Kier alpha value is -1.74. The van der Waals surface area contributed by atoms with E-state index in [2.05, 4.69) is 19.6 Å². The maximum Gasteiger partial charge on any atom is 0.274 e. The third-order valence-corrected chi connectivity index (χ3v) is 4.36. The predicted octanol–water partition coefficient (Wildman–Crippen LogP) is -0.417. The van der Waals surface area contributed by atoms with Crippen molar-refractivity contribution < 1.29 is 13.2 Å². The van der Waals surface area contributed by atoms with E-state index in [4.69, 9.17) is 0 Å². The summed E-state index contributed by atoms with van der Waals surface area (Å²) in [6, 6.07) is 0. The monoisotopic (exact) mass is 325 g/mol. The van der Waals surface area contributed by atoms with Gasteiger partial charge in [0.2, 0.25) is 10.9 Å². The summed E-state index contributed by atoms with van der Waals surface area (Å²) in [5.41, 5.74) is 0.238. The number of hydrogen-bond donors (Lipinski definition) is 2. The molecule has 8 nitrogen and oxygen atoms in total. The van der Waals surface area contributed by atoms with Crippen LogP contribution in [0.1, 0.15) is 23.3 Å². The van der Waals surface area contributed by atoms with Crippen molar-refractivity contribution in [2.24, 2.45) is 5.92 Å². The Labute approximate surface area is 130 Å². The molecule has 1 amide bonds. The van der Waals surface area contributed by atoms with Crippen LogP contribution in [0.2, 0.25) is 0 Å². The van der Waals surface area contributed by atoms with Gasteiger partial charge in [-0.15, -0.1) is 0 Å². The second-order valence-corrected chi connectivity index (χ2v) is 6.43. The fourth-order valence-electron chi connectivity index (χ4n) is 2.55. The van der Waals surface area contributed by atoms with Crippen molar-refractivity contribution in [3.8, 4) is 0 Å². The SMILES string of the molecule is O=C(c1cnc(N[SH](=O)=O)cn1)N1CCN(CC2CC2)CC1. The topological polar surface area (TPSA) is 95.5 Å². The largest absolute Gasteiger partial charge is 0.335 e. The van der Waals surface area contributed by atoms with E-state index in [1.807, 2.05) is 0 Å². The number of thiol groups is 1. The summed E-state index contributed by atoms with van der Waals surface area (Å²) in [4.78, 5) is 24.4. The lowest BCUT2D eigenvalue weighted by molar-refractivity contribution is 0.0626. The maximum absolute atomic E-state index is 12.3. The van der Waals surface area contributed by atoms with Crippen molar-refractivity contribution in [1.29, 1.82) is 0 Å². The van der Waals surface area contributed by atoms with Gasteiger partial charge in [0.25, 0.3) is 5.91 Å². The van der Waals surface area contributed by atoms with Gasteiger partial charge >= 0.3 is 0 Å². The molecule has 1 saturated carbocycles. The van der Waals surface area contributed by atoms with E-state index in [1.165, 1.54) is 25.2 Å². The highest BCUT2D eigenvalue weighted by Gasteiger charge is 2.28. The number of aromatic nitrogens is 2. The Balaban J connectivity index is 1.54. The lowest BCUT2D eigenvalue weighted by Crippen LogP contribution is -2.49. The number of nitrogens with one attached hydrogen (secondary N) is 1. The van der Waals surface area contributed by atoms with Crippen LogP contribution in [0, 0.1) is 5.92 Å². The Bertz CT molecular complexity index is 599. The molecule has 1 saturated heterocycles. The fourth-order valence-corrected chi connectivity index (χ4v) is 2.85. The second kappa shape index (κ2) is 6.57. The third kappa shape index (κ3) is 3.92. The average Bonchev–Trinajstić information content (AvgIpc) is 3.31. The Kier molecular flexibility index (Phi) is 4.53. The molecule has 120 valence electrons. The van der Waals surface area contributed by atoms with Gasteiger partial charge in [-0.1, -0.05) is 0 Å². The molecule has 0 aromatic carbocycles. The average molecular weight is 325 g/mol. The van der Waals surface area contributed by atoms with E-state index in [0.29, 0.717) is 13.1 Å². The lowest BCUT2D eigenvalue weighted by Gasteiger charge is -2.34. The second-order valence-electron chi connectivity index (χ2n) is 5.69. The number of carbonyl (C=O) groups excluding carboxylic acids is 1. The van der Waals surface area contributed by atoms with Gasteiger partial charge in [-0.25, -0.2) is 18.4 Å². The summed E-state index contributed by atoms with van der Waals surface area (Å²) < 4.78 is 23.2. The number of rotatable bonds is 5. The molecule has 1 aromatic rings. The summed E-state index contributed by atoms with van der Waals surface area (Å²) >= 11 is 0. The lowest BCUT2D eigenvalue weighted by atomic mass is 10.2. The number of piperazine rings is 1. The van der Waals surface area contributed by atoms with E-state index in [-0.39, 0.29) is 17.4 Å². The van der Waals surface area contributed by atoms with Crippen molar-refractivity contribution in [3.63, 3.8) is 0 Å². The molecule has 0 bridgehead atoms. The smallest absolute Gasteiger partial charge is 0.274 e. The summed E-state index contributed by atoms with van der Waals surface area (Å²) in [5, 5.41) is 0. The molecule has 22 heavy (non-hydrogen) atoms. The van der Waals surface area contributed by atoms with Crippen LogP contribution in [-0.4, -0.2) is 66.8 Å². The van der Waals surface area contributed by atoms with E-state index in [9.17, 15) is 13.2 Å². The number of carbonyl (C=O) groups is 1. The zero-order valence-corrected chi connectivity index (χ0v) is 13.0. The first-order chi connectivity index (χ1) is 10.6. The molecule has 2 aliphatic rings. The molecular weight excluding hydrogens is 306 g/mol. The van der Waals surface area contributed by atoms with Gasteiger partial charge < -0.3 is 4.90 Å². The highest BCUT2D eigenvalue weighted by atomic mass is 32.2. The van der Waals surface area contributed by atoms with Gasteiger partial charge in [0.15, 0.2) is 5.82 Å². The van der Waals surface area contributed by atoms with Gasteiger partial charge in [-0.05, 0) is 18.8 Å². The van der Waals surface area contributed by atoms with Crippen LogP contribution >= 0.6 is 0 Å². The van der Waals surface area contributed by atoms with E-state index in [0.717, 1.165) is 25.6 Å². The highest BCUT2D eigenvalue weighted by molar-refractivity contribution is 7.73. The molecule has 0 spiro atoms. The number of amides is 1. The van der Waals surface area contributed by atoms with Crippen molar-refractivity contribution in [2.45, 2.75) is 12.8 Å². The zero-order valence-electron chi connectivity index (χ0n) is 12.1. The molecule has 1 N–H and O–H groups in total. The predicted molar refractivity (Wildman–Crippen MR) is 81.0 cm³/mol. The Morgan fingerprint density at radius 3 is 2.45 bits per heavy atom. The quantitative estimate of drug-likeness (QED) is 0.714. The molecule has 2 fully saturated rings. The van der Waals surface area contributed by atoms with Gasteiger partial charge in [-0.3, -0.25) is 14.4 Å². The molecule has 1 aliphatic heterocycles. The molecule has 0 unspecified atom stereocenters. The van der Waals surface area contributed by atoms with Crippen LogP contribution in [-0.2, 0) is 10.9 Å². The first-order valence-electron chi connectivity index (χ1n) is 7.36. The number of nitrogens with zero attached hydrogens (tertiary/aromatic N) is 4. The fraction of sp³-hybridized carbons (Fsp3) is 0.615. The van der Waals surface area contributed by atoms with E-state index < -0.39 is 10.9 Å². The third-order valence-electron chi connectivity index (χ3n) is 3.95. The standard InChI is InChI=1S/C13H19N5O3S/c19-13(11-7-15-12(8-14-11)16-22(20)21)18-5-3-17(4-6-18)9-10-1-2-10/h7-8,10,22H,1-6,9H2,(H,15,16,20,21).